The zero-order valence-corrected chi connectivity index (χ0v) is 6.82. The highest BCUT2D eigenvalue weighted by Crippen LogP contribution is 2.11. The van der Waals surface area contributed by atoms with Gasteiger partial charge in [0.25, 0.3) is 0 Å². The highest BCUT2D eigenvalue weighted by atomic mass is 16.3. The minimum Gasteiger partial charge on any atom is -0.370 e. The molecule has 0 saturated carbocycles. The molecule has 0 radical (unpaired) electrons. The number of aliphatic hydroxyl groups is 1. The molecule has 66 valence electrons. The maximum absolute atomic E-state index is 10.7. The molecule has 1 aliphatic rings. The third kappa shape index (κ3) is 1.93. The number of carbonyl (C=O) groups excluding carboxylic acids is 1. The van der Waals surface area contributed by atoms with Gasteiger partial charge in [0, 0.05) is 6.92 Å². The van der Waals surface area contributed by atoms with Crippen LogP contribution in [0.4, 0.5) is 0 Å². The Morgan fingerprint density at radius 3 is 2.83 bits per heavy atom. The third-order valence-electron chi connectivity index (χ3n) is 1.63. The Kier molecular flexibility index (Phi) is 2.30. The molecule has 0 aromatic carbocycles. The van der Waals surface area contributed by atoms with Crippen molar-refractivity contribution in [2.45, 2.75) is 18.7 Å². The van der Waals surface area contributed by atoms with Gasteiger partial charge in [-0.3, -0.25) is 10.5 Å². The normalized spacial score (nSPS) is 33.4. The lowest BCUT2D eigenvalue weighted by Crippen LogP contribution is -2.56. The lowest BCUT2D eigenvalue weighted by atomic mass is 10.00. The van der Waals surface area contributed by atoms with Gasteiger partial charge in [0.05, 0.1) is 6.04 Å². The average molecular weight is 168 g/mol. The van der Waals surface area contributed by atoms with Crippen molar-refractivity contribution in [3.8, 4) is 0 Å². The van der Waals surface area contributed by atoms with E-state index in [0.29, 0.717) is 0 Å². The first kappa shape index (κ1) is 8.96. The number of allylic oxidation sites excluding steroid dienone is 2. The monoisotopic (exact) mass is 168 g/mol. The second-order valence-corrected chi connectivity index (χ2v) is 2.81. The Labute approximate surface area is 70.8 Å². The minimum absolute atomic E-state index is 0.219. The van der Waals surface area contributed by atoms with E-state index in [1.807, 2.05) is 0 Å². The second kappa shape index (κ2) is 3.08. The first-order chi connectivity index (χ1) is 5.52. The number of nitrogens with one attached hydrogen (secondary N) is 1. The van der Waals surface area contributed by atoms with Crippen molar-refractivity contribution in [3.63, 3.8) is 0 Å². The van der Waals surface area contributed by atoms with Crippen molar-refractivity contribution < 1.29 is 9.90 Å². The topological polar surface area (TPSA) is 75.4 Å². The molecule has 0 saturated heterocycles. The standard InChI is InChI=1S/C8H12N2O2/c1-6(11)10-7-4-2-3-5-8(7,9)12/h2-5,7,12H,9H2,1H3,(H,10,11). The number of nitrogens with two attached hydrogens (primary N) is 1. The molecule has 0 heterocycles. The van der Waals surface area contributed by atoms with E-state index >= 15 is 0 Å². The van der Waals surface area contributed by atoms with Crippen LogP contribution in [0.3, 0.4) is 0 Å². The Balaban J connectivity index is 2.70. The predicted molar refractivity (Wildman–Crippen MR) is 45.0 cm³/mol. The molecule has 0 aliphatic heterocycles. The van der Waals surface area contributed by atoms with E-state index in [-0.39, 0.29) is 5.91 Å². The number of hydrogen-bond acceptors (Lipinski definition) is 3. The van der Waals surface area contributed by atoms with E-state index in [2.05, 4.69) is 5.32 Å². The zero-order valence-electron chi connectivity index (χ0n) is 6.82. The molecule has 1 aliphatic carbocycles. The molecular weight excluding hydrogens is 156 g/mol. The van der Waals surface area contributed by atoms with Gasteiger partial charge in [-0.1, -0.05) is 18.2 Å². The third-order valence-corrected chi connectivity index (χ3v) is 1.63. The van der Waals surface area contributed by atoms with Crippen molar-refractivity contribution in [3.05, 3.63) is 24.3 Å². The van der Waals surface area contributed by atoms with Crippen molar-refractivity contribution >= 4 is 5.91 Å². The summed E-state index contributed by atoms with van der Waals surface area (Å²) in [6, 6.07) is -0.542. The Hall–Kier alpha value is -1.13. The van der Waals surface area contributed by atoms with Gasteiger partial charge < -0.3 is 10.4 Å². The van der Waals surface area contributed by atoms with Crippen LogP contribution in [0, 0.1) is 0 Å². The van der Waals surface area contributed by atoms with Gasteiger partial charge in [0.2, 0.25) is 5.91 Å². The molecule has 1 amide bonds. The van der Waals surface area contributed by atoms with Crippen molar-refractivity contribution in [1.29, 1.82) is 0 Å². The highest BCUT2D eigenvalue weighted by molar-refractivity contribution is 5.73. The van der Waals surface area contributed by atoms with Crippen LogP contribution in [-0.4, -0.2) is 22.8 Å². The van der Waals surface area contributed by atoms with E-state index < -0.39 is 11.8 Å². The van der Waals surface area contributed by atoms with Gasteiger partial charge in [-0.2, -0.15) is 0 Å². The number of amides is 1. The number of rotatable bonds is 1. The van der Waals surface area contributed by atoms with Gasteiger partial charge in [0.15, 0.2) is 5.72 Å². The first-order valence-electron chi connectivity index (χ1n) is 3.67. The largest absolute Gasteiger partial charge is 0.370 e. The molecule has 12 heavy (non-hydrogen) atoms. The van der Waals surface area contributed by atoms with Crippen molar-refractivity contribution in [2.24, 2.45) is 5.73 Å². The van der Waals surface area contributed by atoms with Crippen LogP contribution < -0.4 is 11.1 Å². The quantitative estimate of drug-likeness (QED) is 0.451. The summed E-state index contributed by atoms with van der Waals surface area (Å²) in [5.41, 5.74) is 4.00. The molecule has 1 rings (SSSR count). The molecule has 4 N–H and O–H groups in total. The van der Waals surface area contributed by atoms with E-state index in [1.54, 1.807) is 18.2 Å². The summed E-state index contributed by atoms with van der Waals surface area (Å²) in [7, 11) is 0. The lowest BCUT2D eigenvalue weighted by molar-refractivity contribution is -0.120. The molecule has 0 aromatic heterocycles. The van der Waals surface area contributed by atoms with Crippen LogP contribution in [-0.2, 0) is 4.79 Å². The smallest absolute Gasteiger partial charge is 0.217 e. The van der Waals surface area contributed by atoms with E-state index in [9.17, 15) is 9.90 Å². The highest BCUT2D eigenvalue weighted by Gasteiger charge is 2.29. The fourth-order valence-corrected chi connectivity index (χ4v) is 1.03. The molecule has 2 unspecified atom stereocenters. The number of hydrogen-bond donors (Lipinski definition) is 3. The first-order valence-corrected chi connectivity index (χ1v) is 3.67. The molecule has 0 bridgehead atoms. The maximum Gasteiger partial charge on any atom is 0.217 e. The maximum atomic E-state index is 10.7. The van der Waals surface area contributed by atoms with Crippen LogP contribution in [0.25, 0.3) is 0 Å². The molecule has 2 atom stereocenters. The van der Waals surface area contributed by atoms with Gasteiger partial charge in [-0.25, -0.2) is 0 Å². The fraction of sp³-hybridized carbons (Fsp3) is 0.375. The van der Waals surface area contributed by atoms with Crippen LogP contribution in [0.5, 0.6) is 0 Å². The summed E-state index contributed by atoms with van der Waals surface area (Å²) < 4.78 is 0. The summed E-state index contributed by atoms with van der Waals surface area (Å²) in [5.74, 6) is -0.219. The minimum atomic E-state index is -1.47. The predicted octanol–water partition coefficient (Wildman–Crippen LogP) is -0.736. The van der Waals surface area contributed by atoms with Gasteiger partial charge in [0.1, 0.15) is 0 Å². The number of carbonyl (C=O) groups is 1. The van der Waals surface area contributed by atoms with Crippen LogP contribution in [0.2, 0.25) is 0 Å². The average Bonchev–Trinajstić information content (AvgIpc) is 1.92. The van der Waals surface area contributed by atoms with Crippen LogP contribution >= 0.6 is 0 Å². The van der Waals surface area contributed by atoms with Crippen molar-refractivity contribution in [1.82, 2.24) is 5.32 Å². The Morgan fingerprint density at radius 1 is 1.67 bits per heavy atom. The zero-order chi connectivity index (χ0) is 9.19. The van der Waals surface area contributed by atoms with Crippen molar-refractivity contribution in [2.75, 3.05) is 0 Å². The van der Waals surface area contributed by atoms with Gasteiger partial charge in [-0.15, -0.1) is 0 Å². The second-order valence-electron chi connectivity index (χ2n) is 2.81. The summed E-state index contributed by atoms with van der Waals surface area (Å²) >= 11 is 0. The van der Waals surface area contributed by atoms with Crippen LogP contribution in [0.15, 0.2) is 24.3 Å². The lowest BCUT2D eigenvalue weighted by Gasteiger charge is -2.29. The molecular formula is C8H12N2O2. The van der Waals surface area contributed by atoms with E-state index in [1.165, 1.54) is 13.0 Å². The van der Waals surface area contributed by atoms with Gasteiger partial charge in [-0.05, 0) is 6.08 Å². The molecule has 0 aromatic rings. The summed E-state index contributed by atoms with van der Waals surface area (Å²) in [4.78, 5) is 10.7. The van der Waals surface area contributed by atoms with Gasteiger partial charge >= 0.3 is 0 Å². The Bertz CT molecular complexity index is 243. The van der Waals surface area contributed by atoms with E-state index in [0.717, 1.165) is 0 Å². The Morgan fingerprint density at radius 2 is 2.33 bits per heavy atom. The fourth-order valence-electron chi connectivity index (χ4n) is 1.03. The molecule has 0 fully saturated rings. The molecule has 4 nitrogen and oxygen atoms in total. The summed E-state index contributed by atoms with van der Waals surface area (Å²) in [6.07, 6.45) is 6.44. The summed E-state index contributed by atoms with van der Waals surface area (Å²) in [5, 5.41) is 12.0. The SMILES string of the molecule is CC(=O)NC1C=CC=CC1(N)O. The van der Waals surface area contributed by atoms with Crippen LogP contribution in [0.1, 0.15) is 6.92 Å². The summed E-state index contributed by atoms with van der Waals surface area (Å²) in [6.45, 7) is 1.38. The molecule has 4 heteroatoms. The molecule has 0 spiro atoms. The van der Waals surface area contributed by atoms with E-state index in [4.69, 9.17) is 5.73 Å².